The molecule has 0 fully saturated rings. The lowest BCUT2D eigenvalue weighted by Crippen LogP contribution is -2.22. The number of ether oxygens (including phenoxy) is 1. The number of carbonyl (C=O) groups is 1. The SMILES string of the molecule is COc1cccc(NC(=O)[C@H](C)Sc2ncnc3sc4c(c23)CCCC4)c1. The molecule has 0 bridgehead atoms. The van der Waals surface area contributed by atoms with Gasteiger partial charge >= 0.3 is 0 Å². The van der Waals surface area contributed by atoms with Crippen molar-refractivity contribution in [2.24, 2.45) is 0 Å². The Labute approximate surface area is 166 Å². The summed E-state index contributed by atoms with van der Waals surface area (Å²) in [4.78, 5) is 24.1. The lowest BCUT2D eigenvalue weighted by Gasteiger charge is -2.14. The van der Waals surface area contributed by atoms with Gasteiger partial charge in [0, 0.05) is 22.0 Å². The van der Waals surface area contributed by atoms with Crippen LogP contribution in [0.15, 0.2) is 35.6 Å². The van der Waals surface area contributed by atoms with Crippen LogP contribution >= 0.6 is 23.1 Å². The van der Waals surface area contributed by atoms with Gasteiger partial charge in [-0.15, -0.1) is 11.3 Å². The van der Waals surface area contributed by atoms with Gasteiger partial charge in [0.2, 0.25) is 5.91 Å². The zero-order valence-electron chi connectivity index (χ0n) is 15.3. The summed E-state index contributed by atoms with van der Waals surface area (Å²) < 4.78 is 5.21. The van der Waals surface area contributed by atoms with Gasteiger partial charge in [-0.05, 0) is 50.3 Å². The van der Waals surface area contributed by atoms with Gasteiger partial charge in [-0.1, -0.05) is 17.8 Å². The number of anilines is 1. The molecular weight excluding hydrogens is 378 g/mol. The van der Waals surface area contributed by atoms with Crippen molar-refractivity contribution in [3.8, 4) is 5.75 Å². The maximum atomic E-state index is 12.7. The molecular formula is C20H21N3O2S2. The number of benzene rings is 1. The highest BCUT2D eigenvalue weighted by molar-refractivity contribution is 8.00. The van der Waals surface area contributed by atoms with Gasteiger partial charge < -0.3 is 10.1 Å². The van der Waals surface area contributed by atoms with Crippen LogP contribution in [0.4, 0.5) is 5.69 Å². The first-order chi connectivity index (χ1) is 13.2. The summed E-state index contributed by atoms with van der Waals surface area (Å²) in [5, 5.41) is 4.76. The maximum Gasteiger partial charge on any atom is 0.237 e. The number of hydrogen-bond donors (Lipinski definition) is 1. The van der Waals surface area contributed by atoms with Crippen LogP contribution in [-0.4, -0.2) is 28.2 Å². The van der Waals surface area contributed by atoms with E-state index in [1.54, 1.807) is 24.8 Å². The monoisotopic (exact) mass is 399 g/mol. The lowest BCUT2D eigenvalue weighted by molar-refractivity contribution is -0.115. The predicted molar refractivity (Wildman–Crippen MR) is 111 cm³/mol. The van der Waals surface area contributed by atoms with Crippen LogP contribution in [0.1, 0.15) is 30.2 Å². The topological polar surface area (TPSA) is 64.1 Å². The standard InChI is InChI=1S/C20H21N3O2S2/c1-12(18(24)23-13-6-5-7-14(10-13)25-2)26-19-17-15-8-3-4-9-16(15)27-20(17)22-11-21-19/h5-7,10-12H,3-4,8-9H2,1-2H3,(H,23,24)/t12-/m0/s1. The number of rotatable bonds is 5. The van der Waals surface area contributed by atoms with E-state index in [1.807, 2.05) is 31.2 Å². The van der Waals surface area contributed by atoms with E-state index in [9.17, 15) is 4.79 Å². The van der Waals surface area contributed by atoms with Gasteiger partial charge in [0.05, 0.1) is 12.4 Å². The third kappa shape index (κ3) is 3.80. The van der Waals surface area contributed by atoms with E-state index in [2.05, 4.69) is 15.3 Å². The molecule has 3 aromatic rings. The molecule has 4 rings (SSSR count). The Bertz CT molecular complexity index is 987. The van der Waals surface area contributed by atoms with Crippen molar-refractivity contribution >= 4 is 44.9 Å². The minimum atomic E-state index is -0.270. The molecule has 5 nitrogen and oxygen atoms in total. The number of methoxy groups -OCH3 is 1. The van der Waals surface area contributed by atoms with E-state index < -0.39 is 0 Å². The van der Waals surface area contributed by atoms with Crippen molar-refractivity contribution < 1.29 is 9.53 Å². The van der Waals surface area contributed by atoms with Crippen LogP contribution in [0, 0.1) is 0 Å². The fourth-order valence-electron chi connectivity index (χ4n) is 3.32. The second kappa shape index (κ2) is 7.86. The number of thioether (sulfide) groups is 1. The Morgan fingerprint density at radius 3 is 3.00 bits per heavy atom. The largest absolute Gasteiger partial charge is 0.497 e. The highest BCUT2D eigenvalue weighted by Gasteiger charge is 2.23. The molecule has 1 aromatic carbocycles. The summed E-state index contributed by atoms with van der Waals surface area (Å²) in [5.41, 5.74) is 2.12. The first-order valence-corrected chi connectivity index (χ1v) is 10.7. The number of amides is 1. The molecule has 1 aliphatic rings. The summed E-state index contributed by atoms with van der Waals surface area (Å²) in [5.74, 6) is 0.666. The van der Waals surface area contributed by atoms with Crippen LogP contribution in [0.5, 0.6) is 5.75 Å². The van der Waals surface area contributed by atoms with E-state index in [4.69, 9.17) is 4.74 Å². The first kappa shape index (κ1) is 18.3. The van der Waals surface area contributed by atoms with E-state index >= 15 is 0 Å². The smallest absolute Gasteiger partial charge is 0.237 e. The lowest BCUT2D eigenvalue weighted by atomic mass is 9.97. The average molecular weight is 400 g/mol. The van der Waals surface area contributed by atoms with Crippen molar-refractivity contribution in [2.45, 2.75) is 42.9 Å². The van der Waals surface area contributed by atoms with Crippen LogP contribution < -0.4 is 10.1 Å². The number of nitrogens with one attached hydrogen (secondary N) is 1. The first-order valence-electron chi connectivity index (χ1n) is 9.02. The minimum absolute atomic E-state index is 0.0517. The second-order valence-electron chi connectivity index (χ2n) is 6.55. The number of carbonyl (C=O) groups excluding carboxylic acids is 1. The van der Waals surface area contributed by atoms with Crippen molar-refractivity contribution in [1.82, 2.24) is 9.97 Å². The average Bonchev–Trinajstić information content (AvgIpc) is 3.07. The molecule has 1 atom stereocenters. The normalized spacial score (nSPS) is 14.6. The molecule has 7 heteroatoms. The maximum absolute atomic E-state index is 12.7. The predicted octanol–water partition coefficient (Wildman–Crippen LogP) is 4.70. The van der Waals surface area contributed by atoms with E-state index in [-0.39, 0.29) is 11.2 Å². The highest BCUT2D eigenvalue weighted by Crippen LogP contribution is 2.40. The Kier molecular flexibility index (Phi) is 5.31. The van der Waals surface area contributed by atoms with E-state index in [0.717, 1.165) is 39.5 Å². The van der Waals surface area contributed by atoms with Crippen molar-refractivity contribution in [1.29, 1.82) is 0 Å². The number of aromatic nitrogens is 2. The van der Waals surface area contributed by atoms with Gasteiger partial charge in [0.1, 0.15) is 21.9 Å². The van der Waals surface area contributed by atoms with E-state index in [0.29, 0.717) is 0 Å². The van der Waals surface area contributed by atoms with Gasteiger partial charge in [-0.25, -0.2) is 9.97 Å². The summed E-state index contributed by atoms with van der Waals surface area (Å²) >= 11 is 3.28. The molecule has 2 aromatic heterocycles. The Morgan fingerprint density at radius 1 is 1.30 bits per heavy atom. The molecule has 0 saturated heterocycles. The van der Waals surface area contributed by atoms with Gasteiger partial charge in [0.25, 0.3) is 0 Å². The minimum Gasteiger partial charge on any atom is -0.497 e. The summed E-state index contributed by atoms with van der Waals surface area (Å²) in [7, 11) is 1.61. The molecule has 0 unspecified atom stereocenters. The molecule has 1 N–H and O–H groups in total. The van der Waals surface area contributed by atoms with Crippen LogP contribution in [0.25, 0.3) is 10.2 Å². The van der Waals surface area contributed by atoms with Crippen LogP contribution in [-0.2, 0) is 17.6 Å². The molecule has 0 saturated carbocycles. The molecule has 0 aliphatic heterocycles. The van der Waals surface area contributed by atoms with Crippen molar-refractivity contribution in [3.63, 3.8) is 0 Å². The van der Waals surface area contributed by atoms with E-state index in [1.165, 1.54) is 35.0 Å². The number of hydrogen-bond acceptors (Lipinski definition) is 6. The van der Waals surface area contributed by atoms with Crippen molar-refractivity contribution in [2.75, 3.05) is 12.4 Å². The van der Waals surface area contributed by atoms with Gasteiger partial charge in [-0.3, -0.25) is 4.79 Å². The molecule has 0 radical (unpaired) electrons. The van der Waals surface area contributed by atoms with Gasteiger partial charge in [0.15, 0.2) is 0 Å². The second-order valence-corrected chi connectivity index (χ2v) is 8.96. The highest BCUT2D eigenvalue weighted by atomic mass is 32.2. The third-order valence-corrected chi connectivity index (χ3v) is 7.01. The Hall–Kier alpha value is -2.12. The molecule has 27 heavy (non-hydrogen) atoms. The molecule has 0 spiro atoms. The van der Waals surface area contributed by atoms with Crippen molar-refractivity contribution in [3.05, 3.63) is 41.0 Å². The molecule has 2 heterocycles. The molecule has 1 amide bonds. The molecule has 140 valence electrons. The Balaban J connectivity index is 1.54. The fraction of sp³-hybridized carbons (Fsp3) is 0.350. The molecule has 1 aliphatic carbocycles. The van der Waals surface area contributed by atoms with Crippen LogP contribution in [0.3, 0.4) is 0 Å². The number of fused-ring (bicyclic) bond motifs is 3. The number of nitrogens with zero attached hydrogens (tertiary/aromatic N) is 2. The summed E-state index contributed by atoms with van der Waals surface area (Å²) in [6.45, 7) is 1.91. The van der Waals surface area contributed by atoms with Crippen LogP contribution in [0.2, 0.25) is 0 Å². The Morgan fingerprint density at radius 2 is 2.15 bits per heavy atom. The third-order valence-electron chi connectivity index (χ3n) is 4.71. The fourth-order valence-corrected chi connectivity index (χ4v) is 5.56. The van der Waals surface area contributed by atoms with Gasteiger partial charge in [-0.2, -0.15) is 0 Å². The number of thiophene rings is 1. The summed E-state index contributed by atoms with van der Waals surface area (Å²) in [6.07, 6.45) is 6.28. The zero-order chi connectivity index (χ0) is 18.8. The zero-order valence-corrected chi connectivity index (χ0v) is 17.0. The summed E-state index contributed by atoms with van der Waals surface area (Å²) in [6, 6.07) is 7.38. The number of aryl methyl sites for hydroxylation is 2. The quantitative estimate of drug-likeness (QED) is 0.498.